The monoisotopic (exact) mass is 176 g/mol. The van der Waals surface area contributed by atoms with Gasteiger partial charge in [0, 0.05) is 6.42 Å². The Morgan fingerprint density at radius 3 is 2.69 bits per heavy atom. The zero-order chi connectivity index (χ0) is 9.10. The van der Waals surface area contributed by atoms with Crippen LogP contribution in [0.15, 0.2) is 30.3 Å². The zero-order valence-corrected chi connectivity index (χ0v) is 7.40. The summed E-state index contributed by atoms with van der Waals surface area (Å²) in [5, 5.41) is 0. The molecule has 1 aromatic carbocycles. The van der Waals surface area contributed by atoms with Gasteiger partial charge in [-0.15, -0.1) is 0 Å². The SMILES string of the molecule is O=C(CCc1ccccc1)[C@H]1CO1. The van der Waals surface area contributed by atoms with Gasteiger partial charge in [0.25, 0.3) is 0 Å². The molecule has 1 aliphatic rings. The van der Waals surface area contributed by atoms with Crippen LogP contribution in [0.5, 0.6) is 0 Å². The Morgan fingerprint density at radius 1 is 1.38 bits per heavy atom. The smallest absolute Gasteiger partial charge is 0.164 e. The molecule has 68 valence electrons. The van der Waals surface area contributed by atoms with E-state index in [2.05, 4.69) is 0 Å². The number of ketones is 1. The number of Topliss-reactive ketones (excluding diaryl/α,β-unsaturated/α-hetero) is 1. The Kier molecular flexibility index (Phi) is 2.41. The predicted molar refractivity (Wildman–Crippen MR) is 49.5 cm³/mol. The standard InChI is InChI=1S/C11H12O2/c12-10(11-8-13-11)7-6-9-4-2-1-3-5-9/h1-5,11H,6-8H2/t11-/m1/s1. The van der Waals surface area contributed by atoms with Gasteiger partial charge in [0.1, 0.15) is 6.10 Å². The van der Waals surface area contributed by atoms with Gasteiger partial charge in [-0.25, -0.2) is 0 Å². The maximum Gasteiger partial charge on any atom is 0.164 e. The number of ether oxygens (including phenoxy) is 1. The van der Waals surface area contributed by atoms with Crippen LogP contribution in [0.2, 0.25) is 0 Å². The topological polar surface area (TPSA) is 29.6 Å². The Hall–Kier alpha value is -1.15. The highest BCUT2D eigenvalue weighted by Gasteiger charge is 2.30. The second kappa shape index (κ2) is 3.71. The van der Waals surface area contributed by atoms with E-state index in [4.69, 9.17) is 4.74 Å². The van der Waals surface area contributed by atoms with Gasteiger partial charge in [0.05, 0.1) is 6.61 Å². The molecule has 1 fully saturated rings. The third kappa shape index (κ3) is 2.39. The first kappa shape index (κ1) is 8.45. The molecule has 2 heteroatoms. The van der Waals surface area contributed by atoms with Crippen molar-refractivity contribution in [1.29, 1.82) is 0 Å². The van der Waals surface area contributed by atoms with Gasteiger partial charge in [0.15, 0.2) is 5.78 Å². The van der Waals surface area contributed by atoms with E-state index < -0.39 is 0 Å². The number of benzene rings is 1. The summed E-state index contributed by atoms with van der Waals surface area (Å²) in [7, 11) is 0. The Morgan fingerprint density at radius 2 is 2.08 bits per heavy atom. The summed E-state index contributed by atoms with van der Waals surface area (Å²) in [6.07, 6.45) is 1.36. The van der Waals surface area contributed by atoms with E-state index >= 15 is 0 Å². The van der Waals surface area contributed by atoms with Crippen LogP contribution in [-0.2, 0) is 16.0 Å². The zero-order valence-electron chi connectivity index (χ0n) is 7.40. The van der Waals surface area contributed by atoms with Crippen molar-refractivity contribution in [2.75, 3.05) is 6.61 Å². The Labute approximate surface area is 77.5 Å². The van der Waals surface area contributed by atoms with E-state index in [0.717, 1.165) is 6.42 Å². The highest BCUT2D eigenvalue weighted by Crippen LogP contribution is 2.13. The number of carbonyl (C=O) groups is 1. The van der Waals surface area contributed by atoms with Crippen LogP contribution in [-0.4, -0.2) is 18.5 Å². The first-order chi connectivity index (χ1) is 6.36. The summed E-state index contributed by atoms with van der Waals surface area (Å²) in [6, 6.07) is 10.1. The number of hydrogen-bond acceptors (Lipinski definition) is 2. The molecule has 1 saturated heterocycles. The molecule has 1 heterocycles. The molecule has 0 N–H and O–H groups in total. The van der Waals surface area contributed by atoms with E-state index in [-0.39, 0.29) is 11.9 Å². The molecule has 13 heavy (non-hydrogen) atoms. The molecular weight excluding hydrogens is 164 g/mol. The first-order valence-corrected chi connectivity index (χ1v) is 4.54. The van der Waals surface area contributed by atoms with E-state index in [9.17, 15) is 4.79 Å². The van der Waals surface area contributed by atoms with Crippen LogP contribution in [0.1, 0.15) is 12.0 Å². The van der Waals surface area contributed by atoms with Gasteiger partial charge in [0.2, 0.25) is 0 Å². The third-order valence-corrected chi connectivity index (χ3v) is 2.20. The summed E-state index contributed by atoms with van der Waals surface area (Å²) in [5.41, 5.74) is 1.22. The van der Waals surface area contributed by atoms with Crippen LogP contribution in [0.4, 0.5) is 0 Å². The third-order valence-electron chi connectivity index (χ3n) is 2.20. The number of hydrogen-bond donors (Lipinski definition) is 0. The molecule has 1 aromatic rings. The molecule has 2 rings (SSSR count). The highest BCUT2D eigenvalue weighted by atomic mass is 16.6. The fourth-order valence-corrected chi connectivity index (χ4v) is 1.31. The van der Waals surface area contributed by atoms with Crippen molar-refractivity contribution in [3.05, 3.63) is 35.9 Å². The predicted octanol–water partition coefficient (Wildman–Crippen LogP) is 1.59. The van der Waals surface area contributed by atoms with Gasteiger partial charge >= 0.3 is 0 Å². The second-order valence-corrected chi connectivity index (χ2v) is 3.27. The molecule has 0 saturated carbocycles. The average Bonchev–Trinajstić information content (AvgIpc) is 2.99. The van der Waals surface area contributed by atoms with Gasteiger partial charge in [-0.1, -0.05) is 30.3 Å². The Balaban J connectivity index is 1.82. The van der Waals surface area contributed by atoms with Crippen LogP contribution in [0.3, 0.4) is 0 Å². The lowest BCUT2D eigenvalue weighted by molar-refractivity contribution is -0.120. The average molecular weight is 176 g/mol. The van der Waals surface area contributed by atoms with Crippen LogP contribution in [0.25, 0.3) is 0 Å². The molecule has 0 amide bonds. The molecule has 0 radical (unpaired) electrons. The van der Waals surface area contributed by atoms with Crippen molar-refractivity contribution < 1.29 is 9.53 Å². The molecule has 0 spiro atoms. The van der Waals surface area contributed by atoms with Gasteiger partial charge in [-0.05, 0) is 12.0 Å². The largest absolute Gasteiger partial charge is 0.365 e. The number of aryl methyl sites for hydroxylation is 1. The van der Waals surface area contributed by atoms with E-state index in [0.29, 0.717) is 13.0 Å². The second-order valence-electron chi connectivity index (χ2n) is 3.27. The first-order valence-electron chi connectivity index (χ1n) is 4.54. The maximum absolute atomic E-state index is 11.3. The molecule has 0 bridgehead atoms. The lowest BCUT2D eigenvalue weighted by Gasteiger charge is -1.98. The maximum atomic E-state index is 11.3. The van der Waals surface area contributed by atoms with Crippen molar-refractivity contribution in [2.24, 2.45) is 0 Å². The summed E-state index contributed by atoms with van der Waals surface area (Å²) in [4.78, 5) is 11.3. The van der Waals surface area contributed by atoms with Crippen LogP contribution in [0, 0.1) is 0 Å². The van der Waals surface area contributed by atoms with Crippen LogP contribution < -0.4 is 0 Å². The van der Waals surface area contributed by atoms with Crippen LogP contribution >= 0.6 is 0 Å². The minimum absolute atomic E-state index is 0.0799. The van der Waals surface area contributed by atoms with Gasteiger partial charge in [-0.3, -0.25) is 4.79 Å². The van der Waals surface area contributed by atoms with Gasteiger partial charge in [-0.2, -0.15) is 0 Å². The lowest BCUT2D eigenvalue weighted by Crippen LogP contribution is -2.07. The normalized spacial score (nSPS) is 19.8. The van der Waals surface area contributed by atoms with E-state index in [1.54, 1.807) is 0 Å². The summed E-state index contributed by atoms with van der Waals surface area (Å²) < 4.78 is 4.91. The highest BCUT2D eigenvalue weighted by molar-refractivity contribution is 5.85. The summed E-state index contributed by atoms with van der Waals surface area (Å²) >= 11 is 0. The molecule has 0 aliphatic carbocycles. The number of carbonyl (C=O) groups excluding carboxylic acids is 1. The fraction of sp³-hybridized carbons (Fsp3) is 0.364. The molecule has 0 unspecified atom stereocenters. The quantitative estimate of drug-likeness (QED) is 0.652. The van der Waals surface area contributed by atoms with Crippen molar-refractivity contribution in [3.63, 3.8) is 0 Å². The number of epoxide rings is 1. The van der Waals surface area contributed by atoms with Crippen molar-refractivity contribution >= 4 is 5.78 Å². The minimum Gasteiger partial charge on any atom is -0.365 e. The molecule has 1 aliphatic heterocycles. The molecular formula is C11H12O2. The van der Waals surface area contributed by atoms with Crippen molar-refractivity contribution in [2.45, 2.75) is 18.9 Å². The molecule has 0 aromatic heterocycles. The van der Waals surface area contributed by atoms with E-state index in [1.165, 1.54) is 5.56 Å². The molecule has 2 nitrogen and oxygen atoms in total. The number of rotatable bonds is 4. The van der Waals surface area contributed by atoms with Crippen molar-refractivity contribution in [3.8, 4) is 0 Å². The Bertz CT molecular complexity index is 288. The fourth-order valence-electron chi connectivity index (χ4n) is 1.31. The lowest BCUT2D eigenvalue weighted by atomic mass is 10.1. The van der Waals surface area contributed by atoms with Crippen molar-refractivity contribution in [1.82, 2.24) is 0 Å². The summed E-state index contributed by atoms with van der Waals surface area (Å²) in [6.45, 7) is 0.633. The van der Waals surface area contributed by atoms with Gasteiger partial charge < -0.3 is 4.74 Å². The summed E-state index contributed by atoms with van der Waals surface area (Å²) in [5.74, 6) is 0.240. The van der Waals surface area contributed by atoms with E-state index in [1.807, 2.05) is 30.3 Å². The minimum atomic E-state index is -0.0799. The molecule has 1 atom stereocenters.